The number of piperazine rings is 1. The Kier molecular flexibility index (Phi) is 6.24. The van der Waals surface area contributed by atoms with Gasteiger partial charge in [0.05, 0.1) is 12.2 Å². The van der Waals surface area contributed by atoms with E-state index in [0.29, 0.717) is 0 Å². The van der Waals surface area contributed by atoms with Crippen molar-refractivity contribution >= 4 is 0 Å². The van der Waals surface area contributed by atoms with E-state index in [1.807, 2.05) is 20.8 Å². The highest BCUT2D eigenvalue weighted by Gasteiger charge is 2.16. The predicted octanol–water partition coefficient (Wildman–Crippen LogP) is 2.42. The summed E-state index contributed by atoms with van der Waals surface area (Å²) in [7, 11) is 0. The topological polar surface area (TPSA) is 44.7 Å². The van der Waals surface area contributed by atoms with Crippen molar-refractivity contribution in [3.05, 3.63) is 28.8 Å². The zero-order valence-electron chi connectivity index (χ0n) is 14.4. The van der Waals surface area contributed by atoms with Crippen LogP contribution in [0.5, 0.6) is 5.75 Å². The van der Waals surface area contributed by atoms with Crippen LogP contribution in [0.4, 0.5) is 0 Å². The summed E-state index contributed by atoms with van der Waals surface area (Å²) in [4.78, 5) is 2.41. The van der Waals surface area contributed by atoms with Crippen LogP contribution in [0, 0.1) is 13.8 Å². The molecule has 0 bridgehead atoms. The van der Waals surface area contributed by atoms with Crippen LogP contribution in [0.15, 0.2) is 12.1 Å². The van der Waals surface area contributed by atoms with Gasteiger partial charge in [0.15, 0.2) is 0 Å². The van der Waals surface area contributed by atoms with Crippen LogP contribution < -0.4 is 10.1 Å². The van der Waals surface area contributed by atoms with Gasteiger partial charge in [0.2, 0.25) is 0 Å². The molecule has 0 spiro atoms. The number of nitrogens with one attached hydrogen (secondary N) is 1. The lowest BCUT2D eigenvalue weighted by Gasteiger charge is -2.28. The van der Waals surface area contributed by atoms with Crippen LogP contribution in [0.2, 0.25) is 0 Å². The SMILES string of the molecule is Cc1cc(C(O)CCN2CCNCC2)c(C)cc1OC(C)C. The summed E-state index contributed by atoms with van der Waals surface area (Å²) in [5.74, 6) is 0.922. The van der Waals surface area contributed by atoms with Crippen molar-refractivity contribution < 1.29 is 9.84 Å². The van der Waals surface area contributed by atoms with Gasteiger partial charge in [-0.1, -0.05) is 0 Å². The van der Waals surface area contributed by atoms with Gasteiger partial charge in [0, 0.05) is 32.7 Å². The van der Waals surface area contributed by atoms with Crippen molar-refractivity contribution in [3.63, 3.8) is 0 Å². The van der Waals surface area contributed by atoms with Crippen LogP contribution in [-0.2, 0) is 0 Å². The van der Waals surface area contributed by atoms with E-state index in [-0.39, 0.29) is 6.10 Å². The molecule has 4 nitrogen and oxygen atoms in total. The molecule has 1 aliphatic heterocycles. The van der Waals surface area contributed by atoms with Gasteiger partial charge >= 0.3 is 0 Å². The number of aryl methyl sites for hydroxylation is 2. The Morgan fingerprint density at radius 2 is 1.86 bits per heavy atom. The summed E-state index contributed by atoms with van der Waals surface area (Å²) >= 11 is 0. The molecule has 1 fully saturated rings. The number of rotatable bonds is 6. The van der Waals surface area contributed by atoms with Crippen LogP contribution in [0.3, 0.4) is 0 Å². The van der Waals surface area contributed by atoms with E-state index < -0.39 is 6.10 Å². The van der Waals surface area contributed by atoms with Crippen LogP contribution >= 0.6 is 0 Å². The molecule has 1 aromatic rings. The molecule has 1 atom stereocenters. The maximum Gasteiger partial charge on any atom is 0.122 e. The maximum atomic E-state index is 10.5. The minimum atomic E-state index is -0.401. The first kappa shape index (κ1) is 17.3. The second-order valence-corrected chi connectivity index (χ2v) is 6.54. The van der Waals surface area contributed by atoms with Gasteiger partial charge in [-0.25, -0.2) is 0 Å². The molecule has 0 saturated carbocycles. The second kappa shape index (κ2) is 7.95. The lowest BCUT2D eigenvalue weighted by atomic mass is 9.98. The molecule has 1 heterocycles. The Morgan fingerprint density at radius 1 is 1.18 bits per heavy atom. The Labute approximate surface area is 134 Å². The molecule has 0 aromatic heterocycles. The third-order valence-electron chi connectivity index (χ3n) is 4.21. The fraction of sp³-hybridized carbons (Fsp3) is 0.667. The number of ether oxygens (including phenoxy) is 1. The summed E-state index contributed by atoms with van der Waals surface area (Å²) in [6.07, 6.45) is 0.549. The van der Waals surface area contributed by atoms with Crippen molar-refractivity contribution in [2.45, 2.75) is 46.3 Å². The van der Waals surface area contributed by atoms with E-state index in [0.717, 1.165) is 61.6 Å². The summed E-state index contributed by atoms with van der Waals surface area (Å²) < 4.78 is 5.82. The minimum absolute atomic E-state index is 0.168. The largest absolute Gasteiger partial charge is 0.491 e. The van der Waals surface area contributed by atoms with E-state index in [1.165, 1.54) is 0 Å². The lowest BCUT2D eigenvalue weighted by molar-refractivity contribution is 0.136. The summed E-state index contributed by atoms with van der Waals surface area (Å²) in [6.45, 7) is 13.4. The number of hydrogen-bond acceptors (Lipinski definition) is 4. The molecule has 1 aliphatic rings. The van der Waals surface area contributed by atoms with Gasteiger partial charge < -0.3 is 20.1 Å². The molecule has 22 heavy (non-hydrogen) atoms. The molecule has 1 saturated heterocycles. The van der Waals surface area contributed by atoms with Gasteiger partial charge in [-0.2, -0.15) is 0 Å². The quantitative estimate of drug-likeness (QED) is 0.847. The van der Waals surface area contributed by atoms with Crippen LogP contribution in [0.1, 0.15) is 43.1 Å². The van der Waals surface area contributed by atoms with Crippen molar-refractivity contribution in [2.24, 2.45) is 0 Å². The maximum absolute atomic E-state index is 10.5. The second-order valence-electron chi connectivity index (χ2n) is 6.54. The molecule has 0 radical (unpaired) electrons. The standard InChI is InChI=1S/C18H30N2O2/c1-13(2)22-18-12-14(3)16(11-15(18)4)17(21)5-8-20-9-6-19-7-10-20/h11-13,17,19,21H,5-10H2,1-4H3. The predicted molar refractivity (Wildman–Crippen MR) is 90.6 cm³/mol. The van der Waals surface area contributed by atoms with E-state index in [1.54, 1.807) is 0 Å². The highest BCUT2D eigenvalue weighted by molar-refractivity contribution is 5.42. The third-order valence-corrected chi connectivity index (χ3v) is 4.21. The molecule has 1 unspecified atom stereocenters. The fourth-order valence-corrected chi connectivity index (χ4v) is 2.95. The van der Waals surface area contributed by atoms with Gasteiger partial charge in [0.1, 0.15) is 5.75 Å². The Bertz CT molecular complexity index is 482. The summed E-state index contributed by atoms with van der Waals surface area (Å²) in [5.41, 5.74) is 3.23. The molecule has 124 valence electrons. The molecule has 0 amide bonds. The molecular weight excluding hydrogens is 276 g/mol. The van der Waals surface area contributed by atoms with E-state index in [4.69, 9.17) is 4.74 Å². The summed E-state index contributed by atoms with van der Waals surface area (Å²) in [5, 5.41) is 13.9. The molecule has 1 aromatic carbocycles. The van der Waals surface area contributed by atoms with E-state index in [2.05, 4.69) is 29.3 Å². The zero-order chi connectivity index (χ0) is 16.1. The van der Waals surface area contributed by atoms with Gasteiger partial charge in [-0.05, 0) is 62.9 Å². The lowest BCUT2D eigenvalue weighted by Crippen LogP contribution is -2.44. The Balaban J connectivity index is 1.99. The van der Waals surface area contributed by atoms with E-state index >= 15 is 0 Å². The zero-order valence-corrected chi connectivity index (χ0v) is 14.4. The smallest absolute Gasteiger partial charge is 0.122 e. The molecule has 4 heteroatoms. The highest BCUT2D eigenvalue weighted by atomic mass is 16.5. The van der Waals surface area contributed by atoms with Crippen LogP contribution in [0.25, 0.3) is 0 Å². The molecule has 2 N–H and O–H groups in total. The highest BCUT2D eigenvalue weighted by Crippen LogP contribution is 2.29. The Morgan fingerprint density at radius 3 is 2.50 bits per heavy atom. The Hall–Kier alpha value is -1.10. The normalized spacial score (nSPS) is 17.7. The first-order valence-corrected chi connectivity index (χ1v) is 8.36. The number of hydrogen-bond donors (Lipinski definition) is 2. The molecular formula is C18H30N2O2. The third kappa shape index (κ3) is 4.70. The van der Waals surface area contributed by atoms with Crippen LogP contribution in [-0.4, -0.2) is 48.8 Å². The number of aliphatic hydroxyl groups is 1. The number of benzene rings is 1. The van der Waals surface area contributed by atoms with E-state index in [9.17, 15) is 5.11 Å². The van der Waals surface area contributed by atoms with Crippen molar-refractivity contribution in [3.8, 4) is 5.75 Å². The first-order chi connectivity index (χ1) is 10.5. The van der Waals surface area contributed by atoms with Crippen molar-refractivity contribution in [1.29, 1.82) is 0 Å². The molecule has 2 rings (SSSR count). The summed E-state index contributed by atoms with van der Waals surface area (Å²) in [6, 6.07) is 4.13. The van der Waals surface area contributed by atoms with Gasteiger partial charge in [0.25, 0.3) is 0 Å². The monoisotopic (exact) mass is 306 g/mol. The fourth-order valence-electron chi connectivity index (χ4n) is 2.95. The average molecular weight is 306 g/mol. The minimum Gasteiger partial charge on any atom is -0.491 e. The van der Waals surface area contributed by atoms with Gasteiger partial charge in [-0.3, -0.25) is 0 Å². The molecule has 0 aliphatic carbocycles. The van der Waals surface area contributed by atoms with Gasteiger partial charge in [-0.15, -0.1) is 0 Å². The first-order valence-electron chi connectivity index (χ1n) is 8.36. The number of nitrogens with zero attached hydrogens (tertiary/aromatic N) is 1. The van der Waals surface area contributed by atoms with Crippen molar-refractivity contribution in [2.75, 3.05) is 32.7 Å². The van der Waals surface area contributed by atoms with Crippen molar-refractivity contribution in [1.82, 2.24) is 10.2 Å². The number of aliphatic hydroxyl groups excluding tert-OH is 1. The average Bonchev–Trinajstić information content (AvgIpc) is 2.48.